The van der Waals surface area contributed by atoms with Gasteiger partial charge in [0.25, 0.3) is 0 Å². The largest absolute Gasteiger partial charge is 0.454 e. The molecule has 0 aliphatic carbocycles. The van der Waals surface area contributed by atoms with Gasteiger partial charge in [-0.1, -0.05) is 13.0 Å². The van der Waals surface area contributed by atoms with Crippen molar-refractivity contribution in [3.8, 4) is 11.5 Å². The van der Waals surface area contributed by atoms with E-state index in [2.05, 4.69) is 43.4 Å². The normalized spacial score (nSPS) is 14.8. The van der Waals surface area contributed by atoms with E-state index in [-0.39, 0.29) is 0 Å². The molecule has 0 bridgehead atoms. The zero-order chi connectivity index (χ0) is 15.9. The van der Waals surface area contributed by atoms with Crippen LogP contribution in [0.3, 0.4) is 0 Å². The van der Waals surface area contributed by atoms with Crippen molar-refractivity contribution in [1.29, 1.82) is 0 Å². The fourth-order valence-electron chi connectivity index (χ4n) is 2.15. The minimum atomic E-state index is 0.311. The number of ether oxygens (including phenoxy) is 2. The van der Waals surface area contributed by atoms with Gasteiger partial charge in [0.2, 0.25) is 6.79 Å². The lowest BCUT2D eigenvalue weighted by Crippen LogP contribution is -2.38. The molecule has 1 atom stereocenters. The van der Waals surface area contributed by atoms with Gasteiger partial charge in [-0.05, 0) is 30.9 Å². The van der Waals surface area contributed by atoms with Gasteiger partial charge in [-0.15, -0.1) is 0 Å². The number of nitrogens with zero attached hydrogens (tertiary/aromatic N) is 2. The van der Waals surface area contributed by atoms with E-state index >= 15 is 0 Å². The van der Waals surface area contributed by atoms with E-state index in [1.807, 2.05) is 23.9 Å². The molecular weight excluding hydrogens is 298 g/mol. The molecule has 6 heteroatoms. The standard InChI is InChI=1S/C16H25N3O2S/c1-5-17-16(18-9-12(2)22-4)19(3)10-13-6-7-14-15(8-13)21-11-20-14/h6-8,12H,5,9-11H2,1-4H3,(H,17,18). The highest BCUT2D eigenvalue weighted by Crippen LogP contribution is 2.32. The third-order valence-corrected chi connectivity index (χ3v) is 4.41. The van der Waals surface area contributed by atoms with Gasteiger partial charge in [0, 0.05) is 25.4 Å². The van der Waals surface area contributed by atoms with Crippen LogP contribution in [0.5, 0.6) is 11.5 Å². The van der Waals surface area contributed by atoms with Crippen molar-refractivity contribution in [2.24, 2.45) is 4.99 Å². The van der Waals surface area contributed by atoms with Crippen LogP contribution in [-0.2, 0) is 6.54 Å². The Morgan fingerprint density at radius 3 is 2.91 bits per heavy atom. The van der Waals surface area contributed by atoms with Crippen LogP contribution in [0.1, 0.15) is 19.4 Å². The fourth-order valence-corrected chi connectivity index (χ4v) is 2.37. The first-order valence-corrected chi connectivity index (χ1v) is 8.83. The molecule has 1 aliphatic rings. The summed E-state index contributed by atoms with van der Waals surface area (Å²) < 4.78 is 10.8. The Balaban J connectivity index is 2.02. The quantitative estimate of drug-likeness (QED) is 0.644. The minimum absolute atomic E-state index is 0.311. The van der Waals surface area contributed by atoms with Gasteiger partial charge in [0.1, 0.15) is 0 Å². The first kappa shape index (κ1) is 16.8. The second-order valence-electron chi connectivity index (χ2n) is 5.28. The second-order valence-corrected chi connectivity index (χ2v) is 6.56. The van der Waals surface area contributed by atoms with E-state index in [0.29, 0.717) is 12.0 Å². The van der Waals surface area contributed by atoms with Crippen LogP contribution in [0, 0.1) is 0 Å². The molecule has 122 valence electrons. The van der Waals surface area contributed by atoms with E-state index in [1.54, 1.807) is 0 Å². The predicted octanol–water partition coefficient (Wildman–Crippen LogP) is 2.56. The highest BCUT2D eigenvalue weighted by molar-refractivity contribution is 7.99. The summed E-state index contributed by atoms with van der Waals surface area (Å²) in [6.45, 7) is 7.03. The smallest absolute Gasteiger partial charge is 0.231 e. The van der Waals surface area contributed by atoms with E-state index in [4.69, 9.17) is 14.5 Å². The summed E-state index contributed by atoms with van der Waals surface area (Å²) in [7, 11) is 2.05. The number of hydrogen-bond acceptors (Lipinski definition) is 4. The average Bonchev–Trinajstić information content (AvgIpc) is 2.98. The summed E-state index contributed by atoms with van der Waals surface area (Å²) >= 11 is 1.83. The van der Waals surface area contributed by atoms with Crippen LogP contribution in [0.25, 0.3) is 0 Å². The summed E-state index contributed by atoms with van der Waals surface area (Å²) in [6.07, 6.45) is 2.11. The zero-order valence-electron chi connectivity index (χ0n) is 13.8. The number of thioether (sulfide) groups is 1. The number of guanidine groups is 1. The molecule has 0 spiro atoms. The van der Waals surface area contributed by atoms with Crippen molar-refractivity contribution in [2.45, 2.75) is 25.6 Å². The molecule has 1 aliphatic heterocycles. The molecule has 1 unspecified atom stereocenters. The highest BCUT2D eigenvalue weighted by Gasteiger charge is 2.14. The van der Waals surface area contributed by atoms with Gasteiger partial charge in [-0.3, -0.25) is 4.99 Å². The maximum atomic E-state index is 5.43. The fraction of sp³-hybridized carbons (Fsp3) is 0.562. The third kappa shape index (κ3) is 4.47. The Labute approximate surface area is 137 Å². The molecule has 1 N–H and O–H groups in total. The molecule has 1 heterocycles. The molecule has 0 amide bonds. The summed E-state index contributed by atoms with van der Waals surface area (Å²) in [5.74, 6) is 2.57. The number of hydrogen-bond donors (Lipinski definition) is 1. The Morgan fingerprint density at radius 1 is 1.41 bits per heavy atom. The number of nitrogens with one attached hydrogen (secondary N) is 1. The van der Waals surface area contributed by atoms with Crippen molar-refractivity contribution < 1.29 is 9.47 Å². The van der Waals surface area contributed by atoms with E-state index < -0.39 is 0 Å². The lowest BCUT2D eigenvalue weighted by Gasteiger charge is -2.22. The highest BCUT2D eigenvalue weighted by atomic mass is 32.2. The van der Waals surface area contributed by atoms with Gasteiger partial charge < -0.3 is 19.7 Å². The molecule has 1 aromatic carbocycles. The Kier molecular flexibility index (Phi) is 6.24. The average molecular weight is 323 g/mol. The molecular formula is C16H25N3O2S. The topological polar surface area (TPSA) is 46.1 Å². The van der Waals surface area contributed by atoms with E-state index in [0.717, 1.165) is 37.1 Å². The Morgan fingerprint density at radius 2 is 2.18 bits per heavy atom. The van der Waals surface area contributed by atoms with Gasteiger partial charge in [-0.25, -0.2) is 0 Å². The molecule has 5 nitrogen and oxygen atoms in total. The molecule has 0 fully saturated rings. The van der Waals surface area contributed by atoms with Gasteiger partial charge in [0.05, 0.1) is 6.54 Å². The van der Waals surface area contributed by atoms with Crippen LogP contribution >= 0.6 is 11.8 Å². The van der Waals surface area contributed by atoms with Crippen LogP contribution in [0.4, 0.5) is 0 Å². The van der Waals surface area contributed by atoms with Crippen molar-refractivity contribution in [2.75, 3.05) is 33.2 Å². The summed E-state index contributed by atoms with van der Waals surface area (Å²) in [5.41, 5.74) is 1.18. The SMILES string of the molecule is CCNC(=NCC(C)SC)N(C)Cc1ccc2c(c1)OCO2. The van der Waals surface area contributed by atoms with Crippen LogP contribution in [-0.4, -0.2) is 49.3 Å². The minimum Gasteiger partial charge on any atom is -0.454 e. The maximum absolute atomic E-state index is 5.43. The molecule has 0 saturated carbocycles. The van der Waals surface area contributed by atoms with Gasteiger partial charge in [0.15, 0.2) is 17.5 Å². The van der Waals surface area contributed by atoms with E-state index in [9.17, 15) is 0 Å². The number of benzene rings is 1. The molecule has 0 aromatic heterocycles. The lowest BCUT2D eigenvalue weighted by molar-refractivity contribution is 0.174. The first-order valence-electron chi connectivity index (χ1n) is 7.54. The maximum Gasteiger partial charge on any atom is 0.231 e. The van der Waals surface area contributed by atoms with E-state index in [1.165, 1.54) is 5.56 Å². The summed E-state index contributed by atoms with van der Waals surface area (Å²) in [5, 5.41) is 3.87. The monoisotopic (exact) mass is 323 g/mol. The van der Waals surface area contributed by atoms with Crippen LogP contribution in [0.15, 0.2) is 23.2 Å². The van der Waals surface area contributed by atoms with Gasteiger partial charge >= 0.3 is 0 Å². The molecule has 0 saturated heterocycles. The number of aliphatic imine (C=N–C) groups is 1. The van der Waals surface area contributed by atoms with Crippen molar-refractivity contribution in [3.05, 3.63) is 23.8 Å². The second kappa shape index (κ2) is 8.17. The van der Waals surface area contributed by atoms with Crippen molar-refractivity contribution >= 4 is 17.7 Å². The molecule has 0 radical (unpaired) electrons. The van der Waals surface area contributed by atoms with Crippen LogP contribution < -0.4 is 14.8 Å². The number of rotatable bonds is 6. The van der Waals surface area contributed by atoms with Crippen LogP contribution in [0.2, 0.25) is 0 Å². The molecule has 1 aromatic rings. The van der Waals surface area contributed by atoms with Crippen molar-refractivity contribution in [1.82, 2.24) is 10.2 Å². The predicted molar refractivity (Wildman–Crippen MR) is 93.0 cm³/mol. The van der Waals surface area contributed by atoms with Gasteiger partial charge in [-0.2, -0.15) is 11.8 Å². The summed E-state index contributed by atoms with van der Waals surface area (Å²) in [4.78, 5) is 6.84. The van der Waals surface area contributed by atoms with Crippen molar-refractivity contribution in [3.63, 3.8) is 0 Å². The number of fused-ring (bicyclic) bond motifs is 1. The molecule has 2 rings (SSSR count). The molecule has 22 heavy (non-hydrogen) atoms. The summed E-state index contributed by atoms with van der Waals surface area (Å²) in [6, 6.07) is 6.07. The zero-order valence-corrected chi connectivity index (χ0v) is 14.6. The Bertz CT molecular complexity index is 522. The lowest BCUT2D eigenvalue weighted by atomic mass is 10.2. The Hall–Kier alpha value is -1.56. The third-order valence-electron chi connectivity index (χ3n) is 3.45. The first-order chi connectivity index (χ1) is 10.6.